The highest BCUT2D eigenvalue weighted by Crippen LogP contribution is 2.23. The number of amides is 2. The van der Waals surface area contributed by atoms with Crippen molar-refractivity contribution in [2.75, 3.05) is 18.5 Å². The van der Waals surface area contributed by atoms with Gasteiger partial charge in [-0.2, -0.15) is 0 Å². The number of hydrogen-bond acceptors (Lipinski definition) is 3. The summed E-state index contributed by atoms with van der Waals surface area (Å²) in [5.41, 5.74) is 1.05. The number of ether oxygens (including phenoxy) is 1. The van der Waals surface area contributed by atoms with Crippen molar-refractivity contribution >= 4 is 17.5 Å². The average molecular weight is 344 g/mol. The topological polar surface area (TPSA) is 67.4 Å². The number of carbonyl (C=O) groups excluding carboxylic acids is 2. The number of rotatable bonds is 8. The van der Waals surface area contributed by atoms with Crippen LogP contribution < -0.4 is 15.4 Å². The quantitative estimate of drug-likeness (QED) is 0.724. The molecule has 5 nitrogen and oxygen atoms in total. The lowest BCUT2D eigenvalue weighted by Gasteiger charge is -2.11. The van der Waals surface area contributed by atoms with Gasteiger partial charge in [-0.1, -0.05) is 30.3 Å². The van der Waals surface area contributed by atoms with Crippen LogP contribution in [-0.2, 0) is 16.0 Å². The van der Waals surface area contributed by atoms with Crippen molar-refractivity contribution in [2.45, 2.75) is 19.8 Å². The molecule has 0 atom stereocenters. The number of halogens is 1. The second-order valence-electron chi connectivity index (χ2n) is 5.35. The first-order valence-corrected chi connectivity index (χ1v) is 8.12. The smallest absolute Gasteiger partial charge is 0.233 e. The summed E-state index contributed by atoms with van der Waals surface area (Å²) in [6, 6.07) is 13.4. The second-order valence-corrected chi connectivity index (χ2v) is 5.35. The highest BCUT2D eigenvalue weighted by Gasteiger charge is 2.12. The Morgan fingerprint density at radius 3 is 2.52 bits per heavy atom. The average Bonchev–Trinajstić information content (AvgIpc) is 2.58. The van der Waals surface area contributed by atoms with Gasteiger partial charge in [0, 0.05) is 6.54 Å². The summed E-state index contributed by atoms with van der Waals surface area (Å²) in [6.07, 6.45) is 0.0605. The van der Waals surface area contributed by atoms with E-state index in [1.807, 2.05) is 6.92 Å². The Hall–Kier alpha value is -2.89. The van der Waals surface area contributed by atoms with E-state index in [1.165, 1.54) is 6.07 Å². The van der Waals surface area contributed by atoms with Crippen LogP contribution in [0, 0.1) is 5.82 Å². The van der Waals surface area contributed by atoms with E-state index in [4.69, 9.17) is 4.74 Å². The van der Waals surface area contributed by atoms with Gasteiger partial charge in [0.1, 0.15) is 18.0 Å². The molecule has 132 valence electrons. The first kappa shape index (κ1) is 18.4. The van der Waals surface area contributed by atoms with Crippen LogP contribution >= 0.6 is 0 Å². The van der Waals surface area contributed by atoms with Crippen LogP contribution in [-0.4, -0.2) is 25.0 Å². The van der Waals surface area contributed by atoms with Gasteiger partial charge in [0.05, 0.1) is 12.3 Å². The number of para-hydroxylation sites is 2. The molecule has 0 bridgehead atoms. The zero-order valence-electron chi connectivity index (χ0n) is 14.0. The lowest BCUT2D eigenvalue weighted by Crippen LogP contribution is -2.29. The van der Waals surface area contributed by atoms with Gasteiger partial charge in [-0.05, 0) is 37.1 Å². The van der Waals surface area contributed by atoms with E-state index in [-0.39, 0.29) is 18.8 Å². The molecular weight excluding hydrogens is 323 g/mol. The molecule has 0 aliphatic carbocycles. The van der Waals surface area contributed by atoms with Crippen LogP contribution in [0.15, 0.2) is 48.5 Å². The predicted molar refractivity (Wildman–Crippen MR) is 94.0 cm³/mol. The Morgan fingerprint density at radius 1 is 1.04 bits per heavy atom. The van der Waals surface area contributed by atoms with Crippen LogP contribution in [0.25, 0.3) is 0 Å². The lowest BCUT2D eigenvalue weighted by atomic mass is 10.1. The van der Waals surface area contributed by atoms with Crippen molar-refractivity contribution in [3.8, 4) is 5.75 Å². The maximum atomic E-state index is 13.5. The zero-order chi connectivity index (χ0) is 18.1. The van der Waals surface area contributed by atoms with Gasteiger partial charge in [-0.3, -0.25) is 9.59 Å². The third-order valence-electron chi connectivity index (χ3n) is 3.46. The number of hydrogen-bond donors (Lipinski definition) is 2. The van der Waals surface area contributed by atoms with Crippen molar-refractivity contribution in [3.63, 3.8) is 0 Å². The van der Waals surface area contributed by atoms with E-state index >= 15 is 0 Å². The zero-order valence-corrected chi connectivity index (χ0v) is 14.0. The third-order valence-corrected chi connectivity index (χ3v) is 3.46. The van der Waals surface area contributed by atoms with Gasteiger partial charge in [0.25, 0.3) is 0 Å². The monoisotopic (exact) mass is 344 g/mol. The number of carbonyl (C=O) groups is 2. The molecule has 6 heteroatoms. The van der Waals surface area contributed by atoms with Crippen molar-refractivity contribution in [1.82, 2.24) is 5.32 Å². The third kappa shape index (κ3) is 5.91. The first-order chi connectivity index (χ1) is 12.1. The summed E-state index contributed by atoms with van der Waals surface area (Å²) in [5.74, 6) is -0.599. The highest BCUT2D eigenvalue weighted by atomic mass is 19.1. The van der Waals surface area contributed by atoms with E-state index < -0.39 is 11.8 Å². The summed E-state index contributed by atoms with van der Waals surface area (Å²) in [7, 11) is 0. The van der Waals surface area contributed by atoms with E-state index in [1.54, 1.807) is 42.5 Å². The Balaban J connectivity index is 1.79. The molecule has 0 radical (unpaired) electrons. The fraction of sp³-hybridized carbons (Fsp3) is 0.263. The molecule has 0 saturated carbocycles. The van der Waals surface area contributed by atoms with Crippen molar-refractivity contribution < 1.29 is 18.7 Å². The summed E-state index contributed by atoms with van der Waals surface area (Å²) in [5, 5.41) is 5.28. The molecular formula is C19H21FN2O3. The molecule has 2 amide bonds. The molecule has 2 aromatic rings. The molecule has 2 rings (SSSR count). The minimum atomic E-state index is -0.435. The molecule has 0 saturated heterocycles. The highest BCUT2D eigenvalue weighted by molar-refractivity contribution is 6.04. The number of nitrogens with one attached hydrogen (secondary N) is 2. The molecule has 0 aromatic heterocycles. The molecule has 0 aliphatic rings. The maximum absolute atomic E-state index is 13.5. The van der Waals surface area contributed by atoms with Gasteiger partial charge in [0.2, 0.25) is 11.8 Å². The normalized spacial score (nSPS) is 10.2. The van der Waals surface area contributed by atoms with Crippen LogP contribution in [0.5, 0.6) is 5.75 Å². The minimum absolute atomic E-state index is 0.266. The molecule has 0 fully saturated rings. The molecule has 0 aliphatic heterocycles. The summed E-state index contributed by atoms with van der Waals surface area (Å²) in [4.78, 5) is 23.8. The van der Waals surface area contributed by atoms with Crippen molar-refractivity contribution in [1.29, 1.82) is 0 Å². The van der Waals surface area contributed by atoms with Gasteiger partial charge in [-0.15, -0.1) is 0 Å². The SMILES string of the molecule is CCOc1ccccc1NC(=O)CC(=O)NCCc1ccccc1F. The summed E-state index contributed by atoms with van der Waals surface area (Å²) >= 11 is 0. The Bertz CT molecular complexity index is 734. The van der Waals surface area contributed by atoms with E-state index in [0.717, 1.165) is 0 Å². The predicted octanol–water partition coefficient (Wildman–Crippen LogP) is 2.91. The van der Waals surface area contributed by atoms with E-state index in [2.05, 4.69) is 10.6 Å². The molecule has 25 heavy (non-hydrogen) atoms. The van der Waals surface area contributed by atoms with E-state index in [9.17, 15) is 14.0 Å². The van der Waals surface area contributed by atoms with Crippen LogP contribution in [0.4, 0.5) is 10.1 Å². The number of anilines is 1. The fourth-order valence-corrected chi connectivity index (χ4v) is 2.29. The van der Waals surface area contributed by atoms with Crippen molar-refractivity contribution in [3.05, 3.63) is 59.9 Å². The fourth-order valence-electron chi connectivity index (χ4n) is 2.29. The molecule has 0 heterocycles. The van der Waals surface area contributed by atoms with Crippen LogP contribution in [0.2, 0.25) is 0 Å². The second kappa shape index (κ2) is 9.42. The molecule has 2 N–H and O–H groups in total. The molecule has 2 aromatic carbocycles. The van der Waals surface area contributed by atoms with Crippen LogP contribution in [0.1, 0.15) is 18.9 Å². The lowest BCUT2D eigenvalue weighted by molar-refractivity contribution is -0.126. The maximum Gasteiger partial charge on any atom is 0.233 e. The van der Waals surface area contributed by atoms with Gasteiger partial charge >= 0.3 is 0 Å². The number of benzene rings is 2. The minimum Gasteiger partial charge on any atom is -0.492 e. The largest absolute Gasteiger partial charge is 0.492 e. The van der Waals surface area contributed by atoms with Gasteiger partial charge < -0.3 is 15.4 Å². The van der Waals surface area contributed by atoms with Crippen LogP contribution in [0.3, 0.4) is 0 Å². The Kier molecular flexibility index (Phi) is 6.95. The van der Waals surface area contributed by atoms with E-state index in [0.29, 0.717) is 30.0 Å². The first-order valence-electron chi connectivity index (χ1n) is 8.12. The summed E-state index contributed by atoms with van der Waals surface area (Å²) in [6.45, 7) is 2.59. The Morgan fingerprint density at radius 2 is 1.76 bits per heavy atom. The molecule has 0 unspecified atom stereocenters. The summed E-state index contributed by atoms with van der Waals surface area (Å²) < 4.78 is 18.9. The van der Waals surface area contributed by atoms with Crippen molar-refractivity contribution in [2.24, 2.45) is 0 Å². The Labute approximate surface area is 146 Å². The molecule has 0 spiro atoms. The standard InChI is InChI=1S/C19H21FN2O3/c1-2-25-17-10-6-5-9-16(17)22-19(24)13-18(23)21-12-11-14-7-3-4-8-15(14)20/h3-10H,2,11-13H2,1H3,(H,21,23)(H,22,24). The van der Waals surface area contributed by atoms with Gasteiger partial charge in [-0.25, -0.2) is 4.39 Å². The van der Waals surface area contributed by atoms with Gasteiger partial charge in [0.15, 0.2) is 0 Å².